The van der Waals surface area contributed by atoms with Crippen LogP contribution in [0.15, 0.2) is 24.3 Å². The second kappa shape index (κ2) is 7.42. The van der Waals surface area contributed by atoms with E-state index in [0.29, 0.717) is 0 Å². The highest BCUT2D eigenvalue weighted by atomic mass is 32.2. The molecule has 0 atom stereocenters. The van der Waals surface area contributed by atoms with Crippen LogP contribution in [0.4, 0.5) is 5.69 Å². The number of carbonyl (C=O) groups is 1. The highest BCUT2D eigenvalue weighted by Gasteiger charge is 2.25. The van der Waals surface area contributed by atoms with Gasteiger partial charge in [-0.3, -0.25) is 10.1 Å². The lowest BCUT2D eigenvalue weighted by atomic mass is 10.1. The Labute approximate surface area is 118 Å². The number of nitrogens with zero attached hydrogens (tertiary/aromatic N) is 3. The number of nitro benzene ring substituents is 1. The summed E-state index contributed by atoms with van der Waals surface area (Å²) < 4.78 is 4.98. The maximum Gasteiger partial charge on any atom is 0.422 e. The van der Waals surface area contributed by atoms with Crippen molar-refractivity contribution in [3.05, 3.63) is 45.5 Å². The molecule has 0 saturated heterocycles. The summed E-state index contributed by atoms with van der Waals surface area (Å²) in [4.78, 5) is 24.6. The number of nitro groups is 1. The molecule has 1 aromatic rings. The van der Waals surface area contributed by atoms with E-state index in [1.165, 1.54) is 24.3 Å². The Bertz CT molecular complexity index is 550. The van der Waals surface area contributed by atoms with Crippen LogP contribution in [0.5, 0.6) is 0 Å². The Hall–Kier alpha value is -2.18. The van der Waals surface area contributed by atoms with Crippen molar-refractivity contribution in [3.8, 4) is 0 Å². The molecule has 0 bridgehead atoms. The summed E-state index contributed by atoms with van der Waals surface area (Å²) in [6.07, 6.45) is 4.04. The minimum Gasteiger partial charge on any atom is -0.452 e. The van der Waals surface area contributed by atoms with E-state index in [2.05, 4.69) is 4.79 Å². The Kier molecular flexibility index (Phi) is 5.89. The first-order chi connectivity index (χ1) is 9.45. The van der Waals surface area contributed by atoms with Crippen molar-refractivity contribution >= 4 is 28.3 Å². The van der Waals surface area contributed by atoms with Gasteiger partial charge in [0.1, 0.15) is 12.4 Å². The third-order valence-corrected chi connectivity index (χ3v) is 3.35. The number of benzene rings is 1. The molecule has 0 aromatic heterocycles. The smallest absolute Gasteiger partial charge is 0.422 e. The molecule has 0 saturated carbocycles. The van der Waals surface area contributed by atoms with Crippen molar-refractivity contribution in [1.82, 2.24) is 0 Å². The molecule has 1 rings (SSSR count). The second-order valence-corrected chi connectivity index (χ2v) is 6.46. The molecule has 106 valence electrons. The summed E-state index contributed by atoms with van der Waals surface area (Å²) in [6, 6.07) is 5.11. The quantitative estimate of drug-likeness (QED) is 0.149. The predicted molar refractivity (Wildman–Crippen MR) is 75.9 cm³/mol. The molecule has 0 fully saturated rings. The van der Waals surface area contributed by atoms with Gasteiger partial charge in [-0.25, -0.2) is 4.79 Å². The molecule has 0 radical (unpaired) electrons. The second-order valence-electron chi connectivity index (χ2n) is 4.08. The Balaban J connectivity index is 2.78. The van der Waals surface area contributed by atoms with Gasteiger partial charge in [0.2, 0.25) is 0 Å². The van der Waals surface area contributed by atoms with E-state index in [-0.39, 0.29) is 34.5 Å². The Morgan fingerprint density at radius 1 is 1.40 bits per heavy atom. The molecular weight excluding hydrogens is 282 g/mol. The van der Waals surface area contributed by atoms with E-state index < -0.39 is 10.9 Å². The average Bonchev–Trinajstić information content (AvgIpc) is 2.39. The molecule has 8 heteroatoms. The lowest BCUT2D eigenvalue weighted by molar-refractivity contribution is -0.384. The maximum atomic E-state index is 11.7. The molecular formula is C12H14N3O4S+. The van der Waals surface area contributed by atoms with Gasteiger partial charge in [-0.2, -0.15) is 4.79 Å². The molecule has 0 aliphatic rings. The zero-order chi connectivity index (χ0) is 15.1. The van der Waals surface area contributed by atoms with Crippen LogP contribution in [0, 0.1) is 10.1 Å². The van der Waals surface area contributed by atoms with Crippen molar-refractivity contribution in [2.45, 2.75) is 0 Å². The number of hydrogen-bond donors (Lipinski definition) is 0. The van der Waals surface area contributed by atoms with Gasteiger partial charge in [-0.1, -0.05) is 0 Å². The number of carbonyl (C=O) groups excluding carboxylic acids is 1. The fourth-order valence-corrected chi connectivity index (χ4v) is 1.74. The van der Waals surface area contributed by atoms with Crippen molar-refractivity contribution in [1.29, 1.82) is 0 Å². The highest BCUT2D eigenvalue weighted by molar-refractivity contribution is 7.95. The van der Waals surface area contributed by atoms with Crippen LogP contribution in [-0.4, -0.2) is 46.3 Å². The van der Waals surface area contributed by atoms with Gasteiger partial charge in [0.05, 0.1) is 23.0 Å². The number of non-ortho nitro benzene ring substituents is 1. The Morgan fingerprint density at radius 2 is 2.00 bits per heavy atom. The van der Waals surface area contributed by atoms with Crippen LogP contribution in [0.2, 0.25) is 0 Å². The van der Waals surface area contributed by atoms with Crippen LogP contribution >= 0.6 is 0 Å². The first-order valence-corrected chi connectivity index (χ1v) is 7.85. The standard InChI is InChI=1S/C12H14N3O4S/c1-20(2)8-7-19-12(16)11(14-13)9-3-5-10(6-4-9)15(17)18/h3-6H,7-8H2,1-2H3/q+1. The van der Waals surface area contributed by atoms with Crippen LogP contribution in [0.25, 0.3) is 5.53 Å². The average molecular weight is 296 g/mol. The lowest BCUT2D eigenvalue weighted by Gasteiger charge is -2.00. The predicted octanol–water partition coefficient (Wildman–Crippen LogP) is 1.03. The van der Waals surface area contributed by atoms with E-state index in [9.17, 15) is 14.9 Å². The summed E-state index contributed by atoms with van der Waals surface area (Å²) in [6.45, 7) is 0.237. The first-order valence-electron chi connectivity index (χ1n) is 5.64. The normalized spacial score (nSPS) is 9.95. The number of esters is 1. The third-order valence-electron chi connectivity index (χ3n) is 2.37. The summed E-state index contributed by atoms with van der Waals surface area (Å²) in [5.41, 5.74) is 8.77. The minimum atomic E-state index is -0.758. The number of hydrogen-bond acceptors (Lipinski definition) is 4. The van der Waals surface area contributed by atoms with E-state index in [1.54, 1.807) is 0 Å². The topological polar surface area (TPSA) is 106 Å². The zero-order valence-electron chi connectivity index (χ0n) is 11.1. The number of rotatable bonds is 6. The van der Waals surface area contributed by atoms with E-state index in [0.717, 1.165) is 5.75 Å². The van der Waals surface area contributed by atoms with Crippen molar-refractivity contribution in [3.63, 3.8) is 0 Å². The van der Waals surface area contributed by atoms with Gasteiger partial charge in [-0.05, 0) is 23.0 Å². The van der Waals surface area contributed by atoms with Crippen molar-refractivity contribution in [2.75, 3.05) is 24.9 Å². The fraction of sp³-hybridized carbons (Fsp3) is 0.333. The molecule has 1 aromatic carbocycles. The van der Waals surface area contributed by atoms with Crippen molar-refractivity contribution < 1.29 is 19.2 Å². The SMILES string of the molecule is C[S+](C)CCOC(=O)C(=[N+]=[N-])c1ccc([N+](=O)[O-])cc1. The Morgan fingerprint density at radius 3 is 2.45 bits per heavy atom. The molecule has 0 spiro atoms. The molecule has 0 aliphatic carbocycles. The fourth-order valence-electron chi connectivity index (χ4n) is 1.33. The van der Waals surface area contributed by atoms with Crippen LogP contribution in [0.1, 0.15) is 5.56 Å². The number of ether oxygens (including phenoxy) is 1. The van der Waals surface area contributed by atoms with E-state index in [1.807, 2.05) is 12.5 Å². The maximum absolute atomic E-state index is 11.7. The first kappa shape index (κ1) is 15.9. The summed E-state index contributed by atoms with van der Waals surface area (Å²) in [5.74, 6) is -0.0307. The van der Waals surface area contributed by atoms with Crippen LogP contribution in [-0.2, 0) is 20.4 Å². The molecule has 0 heterocycles. The van der Waals surface area contributed by atoms with Gasteiger partial charge in [-0.15, -0.1) is 0 Å². The zero-order valence-corrected chi connectivity index (χ0v) is 11.9. The summed E-state index contributed by atoms with van der Waals surface area (Å²) in [7, 11) is 0.145. The van der Waals surface area contributed by atoms with Gasteiger partial charge in [0.25, 0.3) is 5.69 Å². The molecule has 0 aliphatic heterocycles. The summed E-state index contributed by atoms with van der Waals surface area (Å²) >= 11 is 0. The largest absolute Gasteiger partial charge is 0.452 e. The van der Waals surface area contributed by atoms with Gasteiger partial charge >= 0.3 is 11.7 Å². The molecule has 0 unspecified atom stereocenters. The molecule has 0 amide bonds. The lowest BCUT2D eigenvalue weighted by Crippen LogP contribution is -2.22. The molecule has 0 N–H and O–H groups in total. The third kappa shape index (κ3) is 4.49. The van der Waals surface area contributed by atoms with E-state index in [4.69, 9.17) is 10.3 Å². The van der Waals surface area contributed by atoms with E-state index >= 15 is 0 Å². The van der Waals surface area contributed by atoms with Gasteiger partial charge in [0, 0.05) is 12.1 Å². The monoisotopic (exact) mass is 296 g/mol. The van der Waals surface area contributed by atoms with Gasteiger partial charge < -0.3 is 10.3 Å². The van der Waals surface area contributed by atoms with Gasteiger partial charge in [0.15, 0.2) is 0 Å². The molecule has 20 heavy (non-hydrogen) atoms. The van der Waals surface area contributed by atoms with Crippen LogP contribution in [0.3, 0.4) is 0 Å². The highest BCUT2D eigenvalue weighted by Crippen LogP contribution is 2.12. The summed E-state index contributed by atoms with van der Waals surface area (Å²) in [5, 5.41) is 10.5. The van der Waals surface area contributed by atoms with Crippen LogP contribution < -0.4 is 0 Å². The molecule has 7 nitrogen and oxygen atoms in total. The minimum absolute atomic E-state index is 0.111. The van der Waals surface area contributed by atoms with Crippen molar-refractivity contribution in [2.24, 2.45) is 0 Å².